The van der Waals surface area contributed by atoms with Gasteiger partial charge in [-0.25, -0.2) is 9.18 Å². The maximum Gasteiger partial charge on any atom is 0.328 e. The Balaban J connectivity index is 2.54. The van der Waals surface area contributed by atoms with Crippen molar-refractivity contribution in [3.05, 3.63) is 29.6 Å². The van der Waals surface area contributed by atoms with Gasteiger partial charge in [0.25, 0.3) is 0 Å². The molecule has 20 heavy (non-hydrogen) atoms. The van der Waals surface area contributed by atoms with E-state index in [1.165, 1.54) is 13.2 Å². The first-order chi connectivity index (χ1) is 9.27. The Morgan fingerprint density at radius 2 is 2.15 bits per heavy atom. The van der Waals surface area contributed by atoms with Crippen LogP contribution in [0.5, 0.6) is 0 Å². The van der Waals surface area contributed by atoms with Crippen molar-refractivity contribution in [3.63, 3.8) is 0 Å². The fourth-order valence-electron chi connectivity index (χ4n) is 3.43. The normalized spacial score (nSPS) is 22.1. The van der Waals surface area contributed by atoms with E-state index in [0.29, 0.717) is 0 Å². The van der Waals surface area contributed by atoms with Crippen molar-refractivity contribution in [2.75, 3.05) is 12.0 Å². The summed E-state index contributed by atoms with van der Waals surface area (Å²) >= 11 is 0. The van der Waals surface area contributed by atoms with E-state index in [1.807, 2.05) is 11.8 Å². The van der Waals surface area contributed by atoms with Gasteiger partial charge in [0.1, 0.15) is 11.9 Å². The smallest absolute Gasteiger partial charge is 0.328 e. The van der Waals surface area contributed by atoms with Gasteiger partial charge in [-0.1, -0.05) is 6.92 Å². The lowest BCUT2D eigenvalue weighted by molar-refractivity contribution is -0.142. The number of esters is 1. The predicted octanol–water partition coefficient (Wildman–Crippen LogP) is 3.48. The highest BCUT2D eigenvalue weighted by atomic mass is 19.1. The predicted molar refractivity (Wildman–Crippen MR) is 77.5 cm³/mol. The molecule has 1 aromatic carbocycles. The first kappa shape index (κ1) is 14.8. The molecule has 0 fully saturated rings. The Hall–Kier alpha value is -1.58. The molecule has 110 valence electrons. The van der Waals surface area contributed by atoms with E-state index in [9.17, 15) is 9.18 Å². The number of nitrogens with zero attached hydrogens (tertiary/aromatic N) is 1. The number of methoxy groups -OCH3 is 1. The van der Waals surface area contributed by atoms with Gasteiger partial charge < -0.3 is 9.64 Å². The van der Waals surface area contributed by atoms with E-state index < -0.39 is 6.04 Å². The van der Waals surface area contributed by atoms with E-state index in [-0.39, 0.29) is 23.2 Å². The van der Waals surface area contributed by atoms with Crippen LogP contribution in [0.3, 0.4) is 0 Å². The number of hydrogen-bond donors (Lipinski definition) is 0. The van der Waals surface area contributed by atoms with Gasteiger partial charge in [0.15, 0.2) is 0 Å². The van der Waals surface area contributed by atoms with Gasteiger partial charge in [0.05, 0.1) is 7.11 Å². The maximum atomic E-state index is 13.5. The largest absolute Gasteiger partial charge is 0.467 e. The molecule has 1 heterocycles. The Labute approximate surface area is 119 Å². The van der Waals surface area contributed by atoms with Crippen molar-refractivity contribution >= 4 is 11.7 Å². The van der Waals surface area contributed by atoms with Crippen molar-refractivity contribution in [2.24, 2.45) is 0 Å². The summed E-state index contributed by atoms with van der Waals surface area (Å²) in [6.45, 7) is 8.14. The summed E-state index contributed by atoms with van der Waals surface area (Å²) in [7, 11) is 1.39. The zero-order chi connectivity index (χ0) is 15.1. The molecule has 1 aliphatic rings. The summed E-state index contributed by atoms with van der Waals surface area (Å²) in [5.74, 6) is -0.249. The van der Waals surface area contributed by atoms with Crippen LogP contribution in [0.15, 0.2) is 18.2 Å². The number of halogens is 1. The first-order valence-corrected chi connectivity index (χ1v) is 6.94. The highest BCUT2D eigenvalue weighted by molar-refractivity contribution is 5.81. The molecule has 0 saturated heterocycles. The SMILES string of the molecule is COC(=O)[C@@H](C)N1c2ccc(F)cc2[C@@H](C)CC1(C)C. The van der Waals surface area contributed by atoms with Crippen molar-refractivity contribution in [2.45, 2.75) is 51.6 Å². The van der Waals surface area contributed by atoms with Crippen LogP contribution < -0.4 is 4.90 Å². The molecule has 0 N–H and O–H groups in total. The van der Waals surface area contributed by atoms with Crippen LogP contribution in [0.4, 0.5) is 10.1 Å². The lowest BCUT2D eigenvalue weighted by Gasteiger charge is -2.49. The number of fused-ring (bicyclic) bond motifs is 1. The molecule has 0 amide bonds. The van der Waals surface area contributed by atoms with Gasteiger partial charge in [-0.3, -0.25) is 0 Å². The van der Waals surface area contributed by atoms with Crippen molar-refractivity contribution < 1.29 is 13.9 Å². The summed E-state index contributed by atoms with van der Waals surface area (Å²) in [5, 5.41) is 0. The molecular formula is C16H22FNO2. The van der Waals surface area contributed by atoms with Crippen LogP contribution in [-0.4, -0.2) is 24.7 Å². The van der Waals surface area contributed by atoms with Gasteiger partial charge in [-0.05, 0) is 56.9 Å². The standard InChI is InChI=1S/C16H22FNO2/c1-10-9-16(3,4)18(11(2)15(19)20-5)14-7-6-12(17)8-13(10)14/h6-8,10-11H,9H2,1-5H3/t10-,11+/m0/s1. The molecule has 0 radical (unpaired) electrons. The number of carbonyl (C=O) groups excluding carboxylic acids is 1. The third-order valence-electron chi connectivity index (χ3n) is 4.17. The molecule has 0 bridgehead atoms. The van der Waals surface area contributed by atoms with E-state index in [2.05, 4.69) is 20.8 Å². The highest BCUT2D eigenvalue weighted by Gasteiger charge is 2.41. The number of ether oxygens (including phenoxy) is 1. The second-order valence-corrected chi connectivity index (χ2v) is 6.19. The number of hydrogen-bond acceptors (Lipinski definition) is 3. The molecule has 4 heteroatoms. The average molecular weight is 279 g/mol. The molecule has 0 unspecified atom stereocenters. The summed E-state index contributed by atoms with van der Waals surface area (Å²) in [4.78, 5) is 14.0. The Kier molecular flexibility index (Phi) is 3.76. The highest BCUT2D eigenvalue weighted by Crippen LogP contribution is 2.44. The minimum absolute atomic E-state index is 0.183. The number of benzene rings is 1. The van der Waals surface area contributed by atoms with E-state index >= 15 is 0 Å². The van der Waals surface area contributed by atoms with Gasteiger partial charge in [0.2, 0.25) is 0 Å². The molecule has 2 rings (SSSR count). The lowest BCUT2D eigenvalue weighted by atomic mass is 9.79. The Morgan fingerprint density at radius 3 is 2.75 bits per heavy atom. The van der Waals surface area contributed by atoms with Crippen LogP contribution >= 0.6 is 0 Å². The van der Waals surface area contributed by atoms with E-state index in [4.69, 9.17) is 4.74 Å². The topological polar surface area (TPSA) is 29.5 Å². The van der Waals surface area contributed by atoms with E-state index in [1.54, 1.807) is 12.1 Å². The fourth-order valence-corrected chi connectivity index (χ4v) is 3.43. The van der Waals surface area contributed by atoms with Crippen LogP contribution in [0.2, 0.25) is 0 Å². The van der Waals surface area contributed by atoms with Gasteiger partial charge in [0, 0.05) is 11.2 Å². The summed E-state index contributed by atoms with van der Waals surface area (Å²) in [5.41, 5.74) is 1.70. The maximum absolute atomic E-state index is 13.5. The van der Waals surface area contributed by atoms with Crippen molar-refractivity contribution in [1.29, 1.82) is 0 Å². The second kappa shape index (κ2) is 5.08. The Bertz CT molecular complexity index is 527. The van der Waals surface area contributed by atoms with Crippen LogP contribution in [0, 0.1) is 5.82 Å². The molecule has 0 aliphatic carbocycles. The first-order valence-electron chi connectivity index (χ1n) is 6.94. The molecular weight excluding hydrogens is 257 g/mol. The zero-order valence-corrected chi connectivity index (χ0v) is 12.7. The summed E-state index contributed by atoms with van der Waals surface area (Å²) in [6.07, 6.45) is 0.866. The monoisotopic (exact) mass is 279 g/mol. The molecule has 0 spiro atoms. The number of rotatable bonds is 2. The molecule has 1 aromatic rings. The summed E-state index contributed by atoms with van der Waals surface area (Å²) in [6, 6.07) is 4.39. The van der Waals surface area contributed by atoms with Gasteiger partial charge in [-0.2, -0.15) is 0 Å². The minimum Gasteiger partial charge on any atom is -0.467 e. The van der Waals surface area contributed by atoms with Crippen molar-refractivity contribution in [3.8, 4) is 0 Å². The third-order valence-corrected chi connectivity index (χ3v) is 4.17. The Morgan fingerprint density at radius 1 is 1.50 bits per heavy atom. The fraction of sp³-hybridized carbons (Fsp3) is 0.562. The third kappa shape index (κ3) is 2.39. The molecule has 0 aromatic heterocycles. The number of anilines is 1. The van der Waals surface area contributed by atoms with Crippen LogP contribution in [-0.2, 0) is 9.53 Å². The zero-order valence-electron chi connectivity index (χ0n) is 12.7. The molecule has 1 aliphatic heterocycles. The van der Waals surface area contributed by atoms with Gasteiger partial charge >= 0.3 is 5.97 Å². The molecule has 0 saturated carbocycles. The number of carbonyl (C=O) groups is 1. The van der Waals surface area contributed by atoms with Crippen LogP contribution in [0.1, 0.15) is 45.6 Å². The quantitative estimate of drug-likeness (QED) is 0.776. The van der Waals surface area contributed by atoms with Crippen molar-refractivity contribution in [1.82, 2.24) is 0 Å². The molecule has 3 nitrogen and oxygen atoms in total. The minimum atomic E-state index is -0.397. The summed E-state index contributed by atoms with van der Waals surface area (Å²) < 4.78 is 18.4. The molecule has 2 atom stereocenters. The van der Waals surface area contributed by atoms with Crippen LogP contribution in [0.25, 0.3) is 0 Å². The second-order valence-electron chi connectivity index (χ2n) is 6.19. The van der Waals surface area contributed by atoms with E-state index in [0.717, 1.165) is 17.7 Å². The van der Waals surface area contributed by atoms with Gasteiger partial charge in [-0.15, -0.1) is 0 Å². The lowest BCUT2D eigenvalue weighted by Crippen LogP contribution is -2.55. The average Bonchev–Trinajstić information content (AvgIpc) is 2.37.